The van der Waals surface area contributed by atoms with Crippen molar-refractivity contribution < 1.29 is 17.6 Å². The second kappa shape index (κ2) is 11.3. The standard InChI is InChI=1S/C31H40N2O5S/c1-30(2,3)24-9-7-23(8-10-24)21-38-29-22-37-26(19-28(29)34)20-32-15-17-33(18-16-32)39(35,36)27-13-11-25(12-14-27)31(4,5)6/h7-14,19,22H,15-18,20-21H2,1-6H3. The Morgan fingerprint density at radius 3 is 1.87 bits per heavy atom. The van der Waals surface area contributed by atoms with Gasteiger partial charge in [-0.1, -0.05) is 77.9 Å². The fourth-order valence-electron chi connectivity index (χ4n) is 4.51. The van der Waals surface area contributed by atoms with Crippen molar-refractivity contribution in [3.05, 3.63) is 93.5 Å². The molecule has 1 aliphatic heterocycles. The smallest absolute Gasteiger partial charge is 0.243 e. The van der Waals surface area contributed by atoms with Gasteiger partial charge in [-0.15, -0.1) is 0 Å². The summed E-state index contributed by atoms with van der Waals surface area (Å²) in [5, 5.41) is 0. The van der Waals surface area contributed by atoms with Crippen molar-refractivity contribution in [1.82, 2.24) is 9.21 Å². The summed E-state index contributed by atoms with van der Waals surface area (Å²) < 4.78 is 39.2. The zero-order valence-corrected chi connectivity index (χ0v) is 24.7. The largest absolute Gasteiger partial charge is 0.482 e. The minimum Gasteiger partial charge on any atom is -0.482 e. The number of hydrogen-bond donors (Lipinski definition) is 0. The Balaban J connectivity index is 1.30. The fraction of sp³-hybridized carbons (Fsp3) is 0.452. The topological polar surface area (TPSA) is 80.1 Å². The van der Waals surface area contributed by atoms with E-state index in [0.29, 0.717) is 43.4 Å². The molecule has 8 heteroatoms. The zero-order valence-electron chi connectivity index (χ0n) is 23.9. The average Bonchev–Trinajstić information content (AvgIpc) is 2.88. The molecule has 0 amide bonds. The number of hydrogen-bond acceptors (Lipinski definition) is 6. The van der Waals surface area contributed by atoms with Crippen LogP contribution in [0.5, 0.6) is 5.75 Å². The molecule has 0 aliphatic carbocycles. The van der Waals surface area contributed by atoms with Crippen LogP contribution in [0, 0.1) is 0 Å². The van der Waals surface area contributed by atoms with Gasteiger partial charge in [-0.2, -0.15) is 4.31 Å². The Morgan fingerprint density at radius 1 is 0.821 bits per heavy atom. The van der Waals surface area contributed by atoms with Crippen molar-refractivity contribution in [3.63, 3.8) is 0 Å². The van der Waals surface area contributed by atoms with Crippen LogP contribution in [0.15, 0.2) is 75.0 Å². The monoisotopic (exact) mass is 552 g/mol. The fourth-order valence-corrected chi connectivity index (χ4v) is 5.94. The Morgan fingerprint density at radius 2 is 1.36 bits per heavy atom. The van der Waals surface area contributed by atoms with Crippen LogP contribution in [0.25, 0.3) is 0 Å². The van der Waals surface area contributed by atoms with Crippen molar-refractivity contribution in [3.8, 4) is 5.75 Å². The van der Waals surface area contributed by atoms with Gasteiger partial charge in [0.2, 0.25) is 21.2 Å². The maximum atomic E-state index is 13.2. The molecule has 1 aromatic heterocycles. The molecule has 4 rings (SSSR count). The molecular weight excluding hydrogens is 512 g/mol. The predicted molar refractivity (Wildman–Crippen MR) is 154 cm³/mol. The van der Waals surface area contributed by atoms with Gasteiger partial charge in [-0.25, -0.2) is 8.42 Å². The number of piperazine rings is 1. The second-order valence-corrected chi connectivity index (χ2v) is 14.2. The molecule has 2 aromatic carbocycles. The molecule has 39 heavy (non-hydrogen) atoms. The summed E-state index contributed by atoms with van der Waals surface area (Å²) in [5.41, 5.74) is 3.12. The van der Waals surface area contributed by atoms with Gasteiger partial charge in [0.1, 0.15) is 18.6 Å². The number of benzene rings is 2. The van der Waals surface area contributed by atoms with E-state index in [0.717, 1.165) is 11.1 Å². The molecule has 210 valence electrons. The second-order valence-electron chi connectivity index (χ2n) is 12.3. The minimum atomic E-state index is -3.56. The quantitative estimate of drug-likeness (QED) is 0.395. The maximum absolute atomic E-state index is 13.2. The van der Waals surface area contributed by atoms with Crippen LogP contribution in [-0.2, 0) is 34.0 Å². The maximum Gasteiger partial charge on any atom is 0.243 e. The van der Waals surface area contributed by atoms with E-state index in [4.69, 9.17) is 9.15 Å². The Kier molecular flexibility index (Phi) is 8.40. The van der Waals surface area contributed by atoms with Gasteiger partial charge in [0.05, 0.1) is 11.4 Å². The SMILES string of the molecule is CC(C)(C)c1ccc(COc2coc(CN3CCN(S(=O)(=O)c4ccc(C(C)(C)C)cc4)CC3)cc2=O)cc1. The summed E-state index contributed by atoms with van der Waals surface area (Å²) >= 11 is 0. The van der Waals surface area contributed by atoms with Crippen LogP contribution in [-0.4, -0.2) is 43.8 Å². The molecule has 0 unspecified atom stereocenters. The Bertz CT molecular complexity index is 1420. The van der Waals surface area contributed by atoms with E-state index in [9.17, 15) is 13.2 Å². The van der Waals surface area contributed by atoms with E-state index in [2.05, 4.69) is 58.6 Å². The van der Waals surface area contributed by atoms with E-state index in [1.165, 1.54) is 22.2 Å². The number of sulfonamides is 1. The molecule has 0 atom stereocenters. The van der Waals surface area contributed by atoms with Gasteiger partial charge < -0.3 is 9.15 Å². The van der Waals surface area contributed by atoms with Gasteiger partial charge in [0, 0.05) is 32.2 Å². The number of rotatable bonds is 7. The first-order valence-electron chi connectivity index (χ1n) is 13.4. The lowest BCUT2D eigenvalue weighted by molar-refractivity contribution is 0.169. The first-order chi connectivity index (χ1) is 18.2. The van der Waals surface area contributed by atoms with Crippen molar-refractivity contribution in [2.45, 2.75) is 70.4 Å². The summed E-state index contributed by atoms with van der Waals surface area (Å²) in [4.78, 5) is 15.0. The average molecular weight is 553 g/mol. The van der Waals surface area contributed by atoms with E-state index in [1.54, 1.807) is 12.1 Å². The van der Waals surface area contributed by atoms with E-state index in [1.807, 2.05) is 24.3 Å². The molecule has 1 aliphatic rings. The van der Waals surface area contributed by atoms with Crippen molar-refractivity contribution in [2.24, 2.45) is 0 Å². The summed E-state index contributed by atoms with van der Waals surface area (Å²) in [6, 6.07) is 16.8. The normalized spacial score (nSPS) is 15.8. The molecule has 1 fully saturated rings. The van der Waals surface area contributed by atoms with Gasteiger partial charge in [-0.3, -0.25) is 9.69 Å². The highest BCUT2D eigenvalue weighted by atomic mass is 32.2. The molecule has 0 spiro atoms. The molecule has 0 radical (unpaired) electrons. The predicted octanol–water partition coefficient (Wildman–Crippen LogP) is 5.32. The highest BCUT2D eigenvalue weighted by Crippen LogP contribution is 2.26. The molecular formula is C31H40N2O5S. The van der Waals surface area contributed by atoms with Gasteiger partial charge in [-0.05, 0) is 39.7 Å². The molecule has 0 bridgehead atoms. The molecule has 1 saturated heterocycles. The molecule has 2 heterocycles. The lowest BCUT2D eigenvalue weighted by Gasteiger charge is -2.33. The van der Waals surface area contributed by atoms with Gasteiger partial charge in [0.15, 0.2) is 0 Å². The van der Waals surface area contributed by atoms with Crippen LogP contribution in [0.1, 0.15) is 64.0 Å². The molecule has 7 nitrogen and oxygen atoms in total. The molecule has 3 aromatic rings. The minimum absolute atomic E-state index is 0.0361. The summed E-state index contributed by atoms with van der Waals surface area (Å²) in [6.07, 6.45) is 1.36. The third kappa shape index (κ3) is 7.18. The Hall–Kier alpha value is -2.94. The van der Waals surface area contributed by atoms with Gasteiger partial charge in [0.25, 0.3) is 0 Å². The van der Waals surface area contributed by atoms with Gasteiger partial charge >= 0.3 is 0 Å². The van der Waals surface area contributed by atoms with Crippen molar-refractivity contribution in [1.29, 1.82) is 0 Å². The van der Waals surface area contributed by atoms with Crippen molar-refractivity contribution >= 4 is 10.0 Å². The molecule has 0 N–H and O–H groups in total. The van der Waals surface area contributed by atoms with Crippen molar-refractivity contribution in [2.75, 3.05) is 26.2 Å². The zero-order chi connectivity index (χ0) is 28.4. The molecule has 0 saturated carbocycles. The van der Waals surface area contributed by atoms with E-state index < -0.39 is 10.0 Å². The number of nitrogens with zero attached hydrogens (tertiary/aromatic N) is 2. The highest BCUT2D eigenvalue weighted by molar-refractivity contribution is 7.89. The van der Waals surface area contributed by atoms with E-state index in [-0.39, 0.29) is 28.6 Å². The van der Waals surface area contributed by atoms with E-state index >= 15 is 0 Å². The summed E-state index contributed by atoms with van der Waals surface area (Å²) in [7, 11) is -3.56. The summed E-state index contributed by atoms with van der Waals surface area (Å²) in [5.74, 6) is 0.697. The first-order valence-corrected chi connectivity index (χ1v) is 14.8. The van der Waals surface area contributed by atoms with Crippen LogP contribution >= 0.6 is 0 Å². The lowest BCUT2D eigenvalue weighted by Crippen LogP contribution is -2.48. The van der Waals surface area contributed by atoms with Crippen LogP contribution in [0.3, 0.4) is 0 Å². The summed E-state index contributed by atoms with van der Waals surface area (Å²) in [6.45, 7) is 15.4. The Labute approximate surface area is 232 Å². The highest BCUT2D eigenvalue weighted by Gasteiger charge is 2.29. The third-order valence-electron chi connectivity index (χ3n) is 7.14. The number of ether oxygens (including phenoxy) is 1. The third-order valence-corrected chi connectivity index (χ3v) is 9.05. The van der Waals surface area contributed by atoms with Crippen LogP contribution in [0.2, 0.25) is 0 Å². The lowest BCUT2D eigenvalue weighted by atomic mass is 9.87. The first kappa shape index (κ1) is 29.1. The van der Waals surface area contributed by atoms with Crippen LogP contribution < -0.4 is 10.2 Å². The van der Waals surface area contributed by atoms with Crippen LogP contribution in [0.4, 0.5) is 0 Å².